The van der Waals surface area contributed by atoms with E-state index in [1.54, 1.807) is 35.0 Å². The summed E-state index contributed by atoms with van der Waals surface area (Å²) in [4.78, 5) is 90.4. The van der Waals surface area contributed by atoms with E-state index in [0.717, 1.165) is 4.90 Å². The molecule has 1 atom stereocenters. The number of hydrogen-bond donors (Lipinski definition) is 3. The Morgan fingerprint density at radius 2 is 1.56 bits per heavy atom. The van der Waals surface area contributed by atoms with E-state index in [4.69, 9.17) is 35.5 Å². The SMILES string of the molecule is CC(=O)N1CCN(c2nc(NCCC(=O)N(C)CCOCCOCCOCCOc3ccc4c(c3)C(=O)N(C3CCC(=O)NC3=O)C4=O)nc3c(F)c(-c4cc(O)cc5ccccc45)c(Cl)cc23)CC1. The Balaban J connectivity index is 0.756. The maximum atomic E-state index is 16.9. The molecule has 1 aromatic heterocycles. The van der Waals surface area contributed by atoms with Crippen LogP contribution in [0.2, 0.25) is 5.02 Å². The zero-order valence-corrected chi connectivity index (χ0v) is 39.4. The van der Waals surface area contributed by atoms with Crippen LogP contribution in [-0.2, 0) is 33.4 Å². The van der Waals surface area contributed by atoms with Crippen molar-refractivity contribution >= 4 is 80.5 Å². The van der Waals surface area contributed by atoms with Gasteiger partial charge in [-0.05, 0) is 59.2 Å². The number of carbonyl (C=O) groups excluding carboxylic acids is 6. The number of anilines is 2. The third-order valence-corrected chi connectivity index (χ3v) is 12.6. The van der Waals surface area contributed by atoms with Crippen molar-refractivity contribution in [3.63, 3.8) is 0 Å². The molecule has 0 bridgehead atoms. The third-order valence-electron chi connectivity index (χ3n) is 12.3. The van der Waals surface area contributed by atoms with Crippen molar-refractivity contribution in [1.29, 1.82) is 0 Å². The minimum atomic E-state index is -1.05. The summed E-state index contributed by atoms with van der Waals surface area (Å²) in [6.07, 6.45) is 0.192. The van der Waals surface area contributed by atoms with Gasteiger partial charge in [-0.25, -0.2) is 9.37 Å². The molecule has 21 heteroatoms. The van der Waals surface area contributed by atoms with E-state index in [2.05, 4.69) is 15.6 Å². The first-order valence-corrected chi connectivity index (χ1v) is 23.3. The van der Waals surface area contributed by atoms with Gasteiger partial charge >= 0.3 is 0 Å². The number of piperidine rings is 1. The van der Waals surface area contributed by atoms with Crippen LogP contribution < -0.4 is 20.3 Å². The fourth-order valence-corrected chi connectivity index (χ4v) is 8.87. The summed E-state index contributed by atoms with van der Waals surface area (Å²) in [5, 5.41) is 17.7. The molecule has 5 aromatic rings. The Labute approximate surface area is 406 Å². The number of carbonyl (C=O) groups is 6. The van der Waals surface area contributed by atoms with Gasteiger partial charge in [-0.2, -0.15) is 4.98 Å². The second-order valence-corrected chi connectivity index (χ2v) is 17.3. The van der Waals surface area contributed by atoms with Crippen molar-refractivity contribution in [2.45, 2.75) is 32.2 Å². The highest BCUT2D eigenvalue weighted by atomic mass is 35.5. The predicted octanol–water partition coefficient (Wildman–Crippen LogP) is 4.41. The van der Waals surface area contributed by atoms with Gasteiger partial charge in [-0.3, -0.25) is 39.0 Å². The number of hydrogen-bond acceptors (Lipinski definition) is 15. The van der Waals surface area contributed by atoms with Crippen molar-refractivity contribution in [2.24, 2.45) is 0 Å². The Morgan fingerprint density at radius 3 is 2.29 bits per heavy atom. The average molecular weight is 983 g/mol. The van der Waals surface area contributed by atoms with Gasteiger partial charge in [0.15, 0.2) is 5.82 Å². The van der Waals surface area contributed by atoms with Crippen molar-refractivity contribution in [3.05, 3.63) is 82.6 Å². The highest BCUT2D eigenvalue weighted by Gasteiger charge is 2.44. The van der Waals surface area contributed by atoms with E-state index in [-0.39, 0.29) is 103 Å². The number of nitrogens with zero attached hydrogens (tertiary/aromatic N) is 6. The summed E-state index contributed by atoms with van der Waals surface area (Å²) in [6, 6.07) is 15.4. The van der Waals surface area contributed by atoms with E-state index >= 15 is 4.39 Å². The number of fused-ring (bicyclic) bond motifs is 3. The van der Waals surface area contributed by atoms with Gasteiger partial charge in [0.05, 0.1) is 55.8 Å². The fraction of sp³-hybridized carbons (Fsp3) is 0.388. The van der Waals surface area contributed by atoms with E-state index in [1.165, 1.54) is 25.1 Å². The molecule has 3 aliphatic rings. The lowest BCUT2D eigenvalue weighted by molar-refractivity contribution is -0.136. The molecule has 2 fully saturated rings. The quantitative estimate of drug-likeness (QED) is 0.0727. The summed E-state index contributed by atoms with van der Waals surface area (Å²) in [5.41, 5.74) is 0.780. The van der Waals surface area contributed by atoms with Crippen molar-refractivity contribution < 1.29 is 57.2 Å². The Morgan fingerprint density at radius 1 is 0.857 bits per heavy atom. The monoisotopic (exact) mass is 982 g/mol. The Bertz CT molecular complexity index is 2840. The molecule has 3 aliphatic heterocycles. The van der Waals surface area contributed by atoms with Crippen LogP contribution >= 0.6 is 11.6 Å². The van der Waals surface area contributed by atoms with Crippen molar-refractivity contribution in [1.82, 2.24) is 30.0 Å². The molecule has 0 saturated carbocycles. The topological polar surface area (TPSA) is 222 Å². The smallest absolute Gasteiger partial charge is 0.262 e. The molecule has 8 rings (SSSR count). The second kappa shape index (κ2) is 22.2. The zero-order chi connectivity index (χ0) is 49.5. The van der Waals surface area contributed by atoms with Crippen LogP contribution in [0, 0.1) is 5.82 Å². The standard InChI is InChI=1S/C49H52ClFN8O11/c1-29(60)57-13-15-58(16-14-57)45-37-28-38(50)42(35-26-31(61)25-30-5-3-4-6-33(30)35)43(51)44(37)54-49(55-45)52-12-11-41(63)56(2)17-18-67-19-20-68-21-22-69-23-24-70-32-7-8-34-36(27-32)48(66)59(47(34)65)39-9-10-40(62)53-46(39)64/h3-8,25-28,39,61H,9-24H2,1-2H3,(H,52,54,55)(H,53,62,64). The molecule has 1 unspecified atom stereocenters. The molecule has 0 aliphatic carbocycles. The van der Waals surface area contributed by atoms with Gasteiger partial charge in [0, 0.05) is 77.0 Å². The van der Waals surface area contributed by atoms with Crippen molar-refractivity contribution in [3.8, 4) is 22.6 Å². The Kier molecular flexibility index (Phi) is 15.7. The summed E-state index contributed by atoms with van der Waals surface area (Å²) in [6.45, 7) is 5.65. The second-order valence-electron chi connectivity index (χ2n) is 16.9. The molecule has 6 amide bonds. The molecule has 3 N–H and O–H groups in total. The van der Waals surface area contributed by atoms with Gasteiger partial charge in [0.25, 0.3) is 11.8 Å². The van der Waals surface area contributed by atoms with E-state index in [0.29, 0.717) is 85.8 Å². The van der Waals surface area contributed by atoms with Gasteiger partial charge in [-0.1, -0.05) is 35.9 Å². The number of rotatable bonds is 20. The minimum Gasteiger partial charge on any atom is -0.508 e. The van der Waals surface area contributed by atoms with Crippen LogP contribution in [-0.4, -0.2) is 164 Å². The number of aromatic nitrogens is 2. The minimum absolute atomic E-state index is 0.00737. The predicted molar refractivity (Wildman–Crippen MR) is 255 cm³/mol. The number of imide groups is 2. The van der Waals surface area contributed by atoms with Crippen LogP contribution in [0.4, 0.5) is 16.2 Å². The number of halogens is 2. The maximum Gasteiger partial charge on any atom is 0.262 e. The maximum absolute atomic E-state index is 16.9. The molecule has 368 valence electrons. The number of phenolic OH excluding ortho intramolecular Hbond substituents is 1. The number of ether oxygens (including phenoxy) is 4. The van der Waals surface area contributed by atoms with E-state index in [9.17, 15) is 33.9 Å². The van der Waals surface area contributed by atoms with Crippen LogP contribution in [0.5, 0.6) is 11.5 Å². The first-order valence-electron chi connectivity index (χ1n) is 22.9. The molecule has 2 saturated heterocycles. The number of nitrogens with one attached hydrogen (secondary N) is 2. The molecular formula is C49H52ClFN8O11. The normalized spacial score (nSPS) is 16.0. The molecule has 19 nitrogen and oxygen atoms in total. The number of likely N-dealkylation sites (N-methyl/N-ethyl adjacent to an activating group) is 1. The van der Waals surface area contributed by atoms with E-state index in [1.807, 2.05) is 29.2 Å². The lowest BCUT2D eigenvalue weighted by atomic mass is 9.96. The number of phenols is 1. The number of amides is 6. The highest BCUT2D eigenvalue weighted by Crippen LogP contribution is 2.42. The summed E-state index contributed by atoms with van der Waals surface area (Å²) < 4.78 is 39.4. The highest BCUT2D eigenvalue weighted by molar-refractivity contribution is 6.35. The first kappa shape index (κ1) is 49.4. The molecule has 0 spiro atoms. The van der Waals surface area contributed by atoms with Crippen LogP contribution in [0.1, 0.15) is 46.9 Å². The molecule has 70 heavy (non-hydrogen) atoms. The van der Waals surface area contributed by atoms with E-state index < -0.39 is 35.5 Å². The van der Waals surface area contributed by atoms with Crippen LogP contribution in [0.25, 0.3) is 32.8 Å². The molecular weight excluding hydrogens is 931 g/mol. The first-order chi connectivity index (χ1) is 33.8. The van der Waals surface area contributed by atoms with Gasteiger partial charge in [0.2, 0.25) is 29.6 Å². The third kappa shape index (κ3) is 11.0. The van der Waals surface area contributed by atoms with Crippen molar-refractivity contribution in [2.75, 3.05) is 103 Å². The number of piperazine rings is 1. The fourth-order valence-electron chi connectivity index (χ4n) is 8.58. The summed E-state index contributed by atoms with van der Waals surface area (Å²) in [7, 11) is 1.67. The zero-order valence-electron chi connectivity index (χ0n) is 38.6. The molecule has 0 radical (unpaired) electrons. The lowest BCUT2D eigenvalue weighted by Crippen LogP contribution is -2.54. The summed E-state index contributed by atoms with van der Waals surface area (Å²) in [5.74, 6) is -2.37. The molecule has 4 aromatic carbocycles. The van der Waals surface area contributed by atoms with Crippen LogP contribution in [0.15, 0.2) is 60.7 Å². The number of benzene rings is 4. The van der Waals surface area contributed by atoms with Gasteiger partial charge in [0.1, 0.15) is 35.5 Å². The largest absolute Gasteiger partial charge is 0.508 e. The lowest BCUT2D eigenvalue weighted by Gasteiger charge is -2.35. The van der Waals surface area contributed by atoms with Crippen LogP contribution in [0.3, 0.4) is 0 Å². The van der Waals surface area contributed by atoms with Gasteiger partial charge < -0.3 is 44.1 Å². The molecule has 4 heterocycles. The van der Waals surface area contributed by atoms with Gasteiger partial charge in [-0.15, -0.1) is 0 Å². The number of aromatic hydroxyl groups is 1. The Hall–Kier alpha value is -7.00. The average Bonchev–Trinajstić information content (AvgIpc) is 3.58. The summed E-state index contributed by atoms with van der Waals surface area (Å²) >= 11 is 6.85.